The molecular weight excluding hydrogens is 242 g/mol. The number of rotatable bonds is 6. The second-order valence-electron chi connectivity index (χ2n) is 5.96. The lowest BCUT2D eigenvalue weighted by atomic mass is 9.84. The standard InChI is InChI=1S/C14H27N3O2/c1-16-14(13(15)18)7-3-4-11(14)5-8-17(2)12-6-9-19-10-12/h11-12,16H,3-10H2,1-2H3,(H2,15,18). The lowest BCUT2D eigenvalue weighted by Crippen LogP contribution is -2.57. The fourth-order valence-corrected chi connectivity index (χ4v) is 3.66. The Morgan fingerprint density at radius 3 is 2.89 bits per heavy atom. The number of nitrogens with zero attached hydrogens (tertiary/aromatic N) is 1. The van der Waals surface area contributed by atoms with Gasteiger partial charge in [0.05, 0.1) is 6.61 Å². The van der Waals surface area contributed by atoms with Crippen molar-refractivity contribution in [2.45, 2.75) is 43.7 Å². The zero-order chi connectivity index (χ0) is 13.9. The van der Waals surface area contributed by atoms with E-state index >= 15 is 0 Å². The molecule has 19 heavy (non-hydrogen) atoms. The van der Waals surface area contributed by atoms with Gasteiger partial charge in [-0.05, 0) is 52.2 Å². The van der Waals surface area contributed by atoms with Crippen LogP contribution in [0.25, 0.3) is 0 Å². The molecule has 3 atom stereocenters. The lowest BCUT2D eigenvalue weighted by molar-refractivity contribution is -0.125. The van der Waals surface area contributed by atoms with Gasteiger partial charge in [-0.1, -0.05) is 6.42 Å². The summed E-state index contributed by atoms with van der Waals surface area (Å²) in [6.07, 6.45) is 5.20. The molecule has 1 amide bonds. The van der Waals surface area contributed by atoms with E-state index in [1.807, 2.05) is 7.05 Å². The first-order valence-electron chi connectivity index (χ1n) is 7.37. The molecule has 3 unspecified atom stereocenters. The summed E-state index contributed by atoms with van der Waals surface area (Å²) in [5.41, 5.74) is 5.15. The Bertz CT molecular complexity index is 318. The van der Waals surface area contributed by atoms with Gasteiger partial charge >= 0.3 is 0 Å². The van der Waals surface area contributed by atoms with Crippen LogP contribution in [0, 0.1) is 5.92 Å². The fourth-order valence-electron chi connectivity index (χ4n) is 3.66. The van der Waals surface area contributed by atoms with Crippen LogP contribution in [0.5, 0.6) is 0 Å². The first-order valence-corrected chi connectivity index (χ1v) is 7.37. The Balaban J connectivity index is 1.89. The minimum absolute atomic E-state index is 0.190. The van der Waals surface area contributed by atoms with Crippen molar-refractivity contribution in [3.8, 4) is 0 Å². The number of nitrogens with two attached hydrogens (primary N) is 1. The number of ether oxygens (including phenoxy) is 1. The van der Waals surface area contributed by atoms with E-state index in [9.17, 15) is 4.79 Å². The molecule has 2 fully saturated rings. The minimum Gasteiger partial charge on any atom is -0.380 e. The summed E-state index contributed by atoms with van der Waals surface area (Å²) >= 11 is 0. The highest BCUT2D eigenvalue weighted by atomic mass is 16.5. The second kappa shape index (κ2) is 6.20. The van der Waals surface area contributed by atoms with Crippen molar-refractivity contribution >= 4 is 5.91 Å². The average molecular weight is 269 g/mol. The highest BCUT2D eigenvalue weighted by molar-refractivity contribution is 5.85. The van der Waals surface area contributed by atoms with Crippen LogP contribution in [-0.2, 0) is 9.53 Å². The number of nitrogens with one attached hydrogen (secondary N) is 1. The Labute approximate surface area is 115 Å². The van der Waals surface area contributed by atoms with Crippen LogP contribution in [0.15, 0.2) is 0 Å². The van der Waals surface area contributed by atoms with Crippen LogP contribution in [0.4, 0.5) is 0 Å². The van der Waals surface area contributed by atoms with Crippen LogP contribution < -0.4 is 11.1 Å². The third-order valence-corrected chi connectivity index (χ3v) is 5.07. The van der Waals surface area contributed by atoms with Crippen LogP contribution in [0.2, 0.25) is 0 Å². The summed E-state index contributed by atoms with van der Waals surface area (Å²) in [5, 5.41) is 3.20. The molecule has 0 bridgehead atoms. The van der Waals surface area contributed by atoms with Gasteiger partial charge in [-0.25, -0.2) is 0 Å². The zero-order valence-corrected chi connectivity index (χ0v) is 12.2. The number of hydrogen-bond donors (Lipinski definition) is 2. The summed E-state index contributed by atoms with van der Waals surface area (Å²) in [6.45, 7) is 2.73. The second-order valence-corrected chi connectivity index (χ2v) is 5.96. The van der Waals surface area contributed by atoms with E-state index in [-0.39, 0.29) is 5.91 Å². The van der Waals surface area contributed by atoms with Gasteiger partial charge in [-0.3, -0.25) is 4.79 Å². The zero-order valence-electron chi connectivity index (χ0n) is 12.2. The summed E-state index contributed by atoms with van der Waals surface area (Å²) < 4.78 is 5.42. The van der Waals surface area contributed by atoms with E-state index < -0.39 is 5.54 Å². The highest BCUT2D eigenvalue weighted by Crippen LogP contribution is 2.37. The number of amides is 1. The van der Waals surface area contributed by atoms with E-state index in [2.05, 4.69) is 17.3 Å². The van der Waals surface area contributed by atoms with E-state index in [0.717, 1.165) is 51.9 Å². The van der Waals surface area contributed by atoms with E-state index in [1.54, 1.807) is 0 Å². The number of primary amides is 1. The van der Waals surface area contributed by atoms with Crippen LogP contribution in [-0.4, -0.2) is 56.2 Å². The van der Waals surface area contributed by atoms with Gasteiger partial charge in [-0.2, -0.15) is 0 Å². The number of carbonyl (C=O) groups is 1. The van der Waals surface area contributed by atoms with Crippen LogP contribution in [0.3, 0.4) is 0 Å². The molecule has 2 rings (SSSR count). The Hall–Kier alpha value is -0.650. The van der Waals surface area contributed by atoms with Crippen LogP contribution >= 0.6 is 0 Å². The summed E-state index contributed by atoms with van der Waals surface area (Å²) in [6, 6.07) is 0.541. The molecule has 0 aromatic heterocycles. The summed E-state index contributed by atoms with van der Waals surface area (Å²) in [7, 11) is 4.01. The first-order chi connectivity index (χ1) is 9.10. The predicted molar refractivity (Wildman–Crippen MR) is 74.8 cm³/mol. The van der Waals surface area contributed by atoms with Gasteiger partial charge in [0, 0.05) is 12.6 Å². The fraction of sp³-hybridized carbons (Fsp3) is 0.929. The molecule has 2 aliphatic rings. The van der Waals surface area contributed by atoms with Gasteiger partial charge in [0.25, 0.3) is 0 Å². The highest BCUT2D eigenvalue weighted by Gasteiger charge is 2.46. The quantitative estimate of drug-likeness (QED) is 0.730. The molecule has 0 aromatic rings. The Morgan fingerprint density at radius 2 is 2.32 bits per heavy atom. The molecular formula is C14H27N3O2. The monoisotopic (exact) mass is 269 g/mol. The molecule has 1 aliphatic heterocycles. The van der Waals surface area contributed by atoms with Gasteiger partial charge in [0.15, 0.2) is 0 Å². The molecule has 0 aromatic carbocycles. The molecule has 1 aliphatic carbocycles. The molecule has 0 radical (unpaired) electrons. The van der Waals surface area contributed by atoms with Crippen molar-refractivity contribution in [3.05, 3.63) is 0 Å². The van der Waals surface area contributed by atoms with Gasteiger partial charge in [0.1, 0.15) is 5.54 Å². The molecule has 1 heterocycles. The molecule has 5 nitrogen and oxygen atoms in total. The van der Waals surface area contributed by atoms with E-state index in [1.165, 1.54) is 0 Å². The van der Waals surface area contributed by atoms with Crippen molar-refractivity contribution < 1.29 is 9.53 Å². The molecule has 0 spiro atoms. The number of likely N-dealkylation sites (N-methyl/N-ethyl adjacent to an activating group) is 2. The summed E-state index contributed by atoms with van der Waals surface area (Å²) in [5.74, 6) is 0.170. The maximum absolute atomic E-state index is 11.8. The molecule has 1 saturated carbocycles. The van der Waals surface area contributed by atoms with Crippen molar-refractivity contribution in [1.82, 2.24) is 10.2 Å². The average Bonchev–Trinajstić information content (AvgIpc) is 3.05. The molecule has 1 saturated heterocycles. The van der Waals surface area contributed by atoms with Crippen LogP contribution in [0.1, 0.15) is 32.1 Å². The van der Waals surface area contributed by atoms with Gasteiger partial charge < -0.3 is 20.7 Å². The maximum Gasteiger partial charge on any atom is 0.238 e. The largest absolute Gasteiger partial charge is 0.380 e. The summed E-state index contributed by atoms with van der Waals surface area (Å²) in [4.78, 5) is 14.2. The lowest BCUT2D eigenvalue weighted by Gasteiger charge is -2.34. The smallest absolute Gasteiger partial charge is 0.238 e. The molecule has 5 heteroatoms. The normalized spacial score (nSPS) is 35.1. The molecule has 3 N–H and O–H groups in total. The third-order valence-electron chi connectivity index (χ3n) is 5.07. The first kappa shape index (κ1) is 14.8. The van der Waals surface area contributed by atoms with E-state index in [0.29, 0.717) is 12.0 Å². The Morgan fingerprint density at radius 1 is 1.53 bits per heavy atom. The van der Waals surface area contributed by atoms with Crippen molar-refractivity contribution in [3.63, 3.8) is 0 Å². The third kappa shape index (κ3) is 2.93. The number of carbonyl (C=O) groups excluding carboxylic acids is 1. The van der Waals surface area contributed by atoms with Crippen molar-refractivity contribution in [2.75, 3.05) is 33.9 Å². The maximum atomic E-state index is 11.8. The number of hydrogen-bond acceptors (Lipinski definition) is 4. The van der Waals surface area contributed by atoms with E-state index in [4.69, 9.17) is 10.5 Å². The molecule has 110 valence electrons. The predicted octanol–water partition coefficient (Wildman–Crippen LogP) is 0.341. The SMILES string of the molecule is CNC1(C(N)=O)CCCC1CCN(C)C1CCOC1. The topological polar surface area (TPSA) is 67.6 Å². The van der Waals surface area contributed by atoms with Gasteiger partial charge in [-0.15, -0.1) is 0 Å². The van der Waals surface area contributed by atoms with Crippen molar-refractivity contribution in [1.29, 1.82) is 0 Å². The van der Waals surface area contributed by atoms with Crippen molar-refractivity contribution in [2.24, 2.45) is 11.7 Å². The minimum atomic E-state index is -0.479. The Kier molecular flexibility index (Phi) is 4.81. The van der Waals surface area contributed by atoms with Gasteiger partial charge in [0.2, 0.25) is 5.91 Å².